The number of hydrogen-bond acceptors (Lipinski definition) is 2. The van der Waals surface area contributed by atoms with Gasteiger partial charge in [0, 0.05) is 17.3 Å². The molecule has 0 heterocycles. The van der Waals surface area contributed by atoms with E-state index in [4.69, 9.17) is 5.73 Å². The van der Waals surface area contributed by atoms with Gasteiger partial charge in [0.1, 0.15) is 0 Å². The lowest BCUT2D eigenvalue weighted by atomic mass is 10.0. The fraction of sp³-hybridized carbons (Fsp3) is 0.538. The van der Waals surface area contributed by atoms with E-state index in [2.05, 4.69) is 32.2 Å². The molecule has 1 unspecified atom stereocenters. The van der Waals surface area contributed by atoms with Crippen molar-refractivity contribution in [1.82, 2.24) is 5.32 Å². The average Bonchev–Trinajstić information content (AvgIpc) is 2.47. The van der Waals surface area contributed by atoms with Gasteiger partial charge in [-0.25, -0.2) is 0 Å². The van der Waals surface area contributed by atoms with Crippen LogP contribution in [0.3, 0.4) is 0 Å². The van der Waals surface area contributed by atoms with Crippen LogP contribution in [0.25, 0.3) is 0 Å². The molecule has 82 valence electrons. The van der Waals surface area contributed by atoms with Crippen molar-refractivity contribution in [2.75, 3.05) is 5.73 Å². The zero-order valence-corrected chi connectivity index (χ0v) is 9.80. The largest absolute Gasteiger partial charge is 0.398 e. The lowest BCUT2D eigenvalue weighted by Crippen LogP contribution is -2.38. The van der Waals surface area contributed by atoms with Gasteiger partial charge in [0.05, 0.1) is 0 Å². The molecular weight excluding hydrogens is 184 g/mol. The summed E-state index contributed by atoms with van der Waals surface area (Å²) < 4.78 is 0. The molecule has 0 saturated heterocycles. The van der Waals surface area contributed by atoms with E-state index in [1.807, 2.05) is 12.1 Å². The van der Waals surface area contributed by atoms with Gasteiger partial charge < -0.3 is 11.1 Å². The molecule has 1 aromatic carbocycles. The smallest absolute Gasteiger partial charge is 0.0365 e. The summed E-state index contributed by atoms with van der Waals surface area (Å²) in [6.07, 6.45) is 2.31. The van der Waals surface area contributed by atoms with Crippen LogP contribution in [0.4, 0.5) is 5.69 Å². The van der Waals surface area contributed by atoms with E-state index in [0.717, 1.165) is 12.1 Å². The van der Waals surface area contributed by atoms with Crippen molar-refractivity contribution in [2.45, 2.75) is 45.2 Å². The van der Waals surface area contributed by atoms with Crippen molar-refractivity contribution >= 4 is 5.69 Å². The minimum absolute atomic E-state index is 0.147. The van der Waals surface area contributed by atoms with Gasteiger partial charge in [0.2, 0.25) is 0 Å². The number of fused-ring (bicyclic) bond motifs is 1. The quantitative estimate of drug-likeness (QED) is 0.690. The van der Waals surface area contributed by atoms with Crippen LogP contribution in [0, 0.1) is 0 Å². The number of anilines is 1. The topological polar surface area (TPSA) is 38.0 Å². The van der Waals surface area contributed by atoms with Crippen LogP contribution < -0.4 is 11.1 Å². The van der Waals surface area contributed by atoms with Gasteiger partial charge in [-0.2, -0.15) is 0 Å². The van der Waals surface area contributed by atoms with E-state index >= 15 is 0 Å². The maximum atomic E-state index is 6.04. The Bertz CT molecular complexity index is 363. The molecule has 15 heavy (non-hydrogen) atoms. The standard InChI is InChI=1S/C13H20N2/c1-13(2,3)15-11-8-7-9-5-4-6-10(14)12(9)11/h4-6,11,15H,7-8,14H2,1-3H3. The van der Waals surface area contributed by atoms with Crippen LogP contribution >= 0.6 is 0 Å². The second-order valence-corrected chi connectivity index (χ2v) is 5.41. The molecular formula is C13H20N2. The average molecular weight is 204 g/mol. The highest BCUT2D eigenvalue weighted by molar-refractivity contribution is 5.54. The number of nitrogens with two attached hydrogens (primary N) is 1. The third-order valence-electron chi connectivity index (χ3n) is 2.89. The fourth-order valence-electron chi connectivity index (χ4n) is 2.39. The molecule has 0 bridgehead atoms. The molecule has 0 aromatic heterocycles. The zero-order valence-electron chi connectivity index (χ0n) is 9.80. The molecule has 0 fully saturated rings. The van der Waals surface area contributed by atoms with Crippen molar-refractivity contribution in [1.29, 1.82) is 0 Å². The second-order valence-electron chi connectivity index (χ2n) is 5.41. The first kappa shape index (κ1) is 10.5. The first-order valence-electron chi connectivity index (χ1n) is 5.62. The Balaban J connectivity index is 2.28. The van der Waals surface area contributed by atoms with Crippen LogP contribution in [0.1, 0.15) is 44.4 Å². The zero-order chi connectivity index (χ0) is 11.1. The predicted molar refractivity (Wildman–Crippen MR) is 64.8 cm³/mol. The monoisotopic (exact) mass is 204 g/mol. The van der Waals surface area contributed by atoms with Gasteiger partial charge in [0.15, 0.2) is 0 Å². The third kappa shape index (κ3) is 2.15. The molecule has 1 aliphatic carbocycles. The Morgan fingerprint density at radius 3 is 2.73 bits per heavy atom. The number of nitrogens with one attached hydrogen (secondary N) is 1. The van der Waals surface area contributed by atoms with Gasteiger partial charge >= 0.3 is 0 Å². The molecule has 1 aliphatic rings. The van der Waals surface area contributed by atoms with Crippen LogP contribution in [-0.2, 0) is 6.42 Å². The number of benzene rings is 1. The number of hydrogen-bond donors (Lipinski definition) is 2. The minimum Gasteiger partial charge on any atom is -0.398 e. The van der Waals surface area contributed by atoms with Crippen molar-refractivity contribution in [3.63, 3.8) is 0 Å². The minimum atomic E-state index is 0.147. The van der Waals surface area contributed by atoms with E-state index < -0.39 is 0 Å². The summed E-state index contributed by atoms with van der Waals surface area (Å²) in [7, 11) is 0. The van der Waals surface area contributed by atoms with E-state index in [-0.39, 0.29) is 5.54 Å². The molecule has 0 amide bonds. The van der Waals surface area contributed by atoms with Crippen LogP contribution in [0.15, 0.2) is 18.2 Å². The molecule has 3 N–H and O–H groups in total. The maximum absolute atomic E-state index is 6.04. The SMILES string of the molecule is CC(C)(C)NC1CCc2cccc(N)c21. The summed E-state index contributed by atoms with van der Waals surface area (Å²) in [4.78, 5) is 0. The Morgan fingerprint density at radius 1 is 1.33 bits per heavy atom. The summed E-state index contributed by atoms with van der Waals surface area (Å²) in [5.41, 5.74) is 9.87. The Labute approximate surface area is 91.9 Å². The van der Waals surface area contributed by atoms with E-state index in [9.17, 15) is 0 Å². The van der Waals surface area contributed by atoms with Crippen LogP contribution in [0.5, 0.6) is 0 Å². The van der Waals surface area contributed by atoms with Crippen molar-refractivity contribution in [2.24, 2.45) is 0 Å². The lowest BCUT2D eigenvalue weighted by Gasteiger charge is -2.27. The molecule has 1 aromatic rings. The normalized spacial score (nSPS) is 20.3. The van der Waals surface area contributed by atoms with Gasteiger partial charge in [-0.15, -0.1) is 0 Å². The summed E-state index contributed by atoms with van der Waals surface area (Å²) >= 11 is 0. The Kier molecular flexibility index (Phi) is 2.47. The Morgan fingerprint density at radius 2 is 2.07 bits per heavy atom. The van der Waals surface area contributed by atoms with E-state index in [1.165, 1.54) is 17.5 Å². The fourth-order valence-corrected chi connectivity index (χ4v) is 2.39. The predicted octanol–water partition coefficient (Wildman–Crippen LogP) is 2.64. The number of rotatable bonds is 1. The summed E-state index contributed by atoms with van der Waals surface area (Å²) in [6, 6.07) is 6.67. The molecule has 1 atom stereocenters. The Hall–Kier alpha value is -1.02. The first-order valence-corrected chi connectivity index (χ1v) is 5.62. The van der Waals surface area contributed by atoms with E-state index in [1.54, 1.807) is 0 Å². The third-order valence-corrected chi connectivity index (χ3v) is 2.89. The molecule has 0 saturated carbocycles. The molecule has 2 nitrogen and oxygen atoms in total. The van der Waals surface area contributed by atoms with Gasteiger partial charge in [-0.05, 0) is 50.8 Å². The van der Waals surface area contributed by atoms with Crippen molar-refractivity contribution in [3.05, 3.63) is 29.3 Å². The maximum Gasteiger partial charge on any atom is 0.0365 e. The molecule has 0 spiro atoms. The van der Waals surface area contributed by atoms with Gasteiger partial charge in [-0.1, -0.05) is 12.1 Å². The summed E-state index contributed by atoms with van der Waals surface area (Å²) in [6.45, 7) is 6.60. The summed E-state index contributed by atoms with van der Waals surface area (Å²) in [5.74, 6) is 0. The highest BCUT2D eigenvalue weighted by Gasteiger charge is 2.27. The highest BCUT2D eigenvalue weighted by Crippen LogP contribution is 2.36. The summed E-state index contributed by atoms with van der Waals surface area (Å²) in [5, 5.41) is 3.64. The van der Waals surface area contributed by atoms with Crippen molar-refractivity contribution in [3.8, 4) is 0 Å². The van der Waals surface area contributed by atoms with Gasteiger partial charge in [-0.3, -0.25) is 0 Å². The first-order chi connectivity index (χ1) is 6.97. The highest BCUT2D eigenvalue weighted by atomic mass is 15.0. The molecule has 2 heteroatoms. The molecule has 2 rings (SSSR count). The van der Waals surface area contributed by atoms with Crippen LogP contribution in [0.2, 0.25) is 0 Å². The molecule has 0 radical (unpaired) electrons. The number of aryl methyl sites for hydroxylation is 1. The van der Waals surface area contributed by atoms with Crippen molar-refractivity contribution < 1.29 is 0 Å². The lowest BCUT2D eigenvalue weighted by molar-refractivity contribution is 0.363. The van der Waals surface area contributed by atoms with E-state index in [0.29, 0.717) is 6.04 Å². The molecule has 0 aliphatic heterocycles. The van der Waals surface area contributed by atoms with Gasteiger partial charge in [0.25, 0.3) is 0 Å². The van der Waals surface area contributed by atoms with Crippen LogP contribution in [-0.4, -0.2) is 5.54 Å². The second kappa shape index (κ2) is 3.53. The number of nitrogen functional groups attached to an aromatic ring is 1.